The molecule has 1 heterocycles. The van der Waals surface area contributed by atoms with E-state index in [0.29, 0.717) is 26.2 Å². The lowest BCUT2D eigenvalue weighted by Crippen LogP contribution is -2.56. The summed E-state index contributed by atoms with van der Waals surface area (Å²) >= 11 is 0. The third kappa shape index (κ3) is 5.80. The van der Waals surface area contributed by atoms with Crippen molar-refractivity contribution in [2.75, 3.05) is 46.1 Å². The number of carbonyl (C=O) groups excluding carboxylic acids is 1. The number of sulfonamides is 1. The van der Waals surface area contributed by atoms with Crippen LogP contribution in [0.2, 0.25) is 0 Å². The molecule has 0 radical (unpaired) electrons. The van der Waals surface area contributed by atoms with Crippen LogP contribution in [-0.4, -0.2) is 75.7 Å². The van der Waals surface area contributed by atoms with E-state index in [1.165, 1.54) is 17.7 Å². The molecule has 10 heteroatoms. The molecule has 0 aliphatic carbocycles. The molecule has 1 saturated heterocycles. The Morgan fingerprint density at radius 3 is 2.05 bits per heavy atom. The van der Waals surface area contributed by atoms with Gasteiger partial charge in [0.1, 0.15) is 6.04 Å². The number of hydrogen-bond acceptors (Lipinski definition) is 6. The van der Waals surface area contributed by atoms with Crippen LogP contribution in [0, 0.1) is 0 Å². The van der Waals surface area contributed by atoms with Crippen molar-refractivity contribution < 1.29 is 17.9 Å². The van der Waals surface area contributed by atoms with Gasteiger partial charge in [0.05, 0.1) is 13.4 Å². The maximum absolute atomic E-state index is 11.4. The zero-order valence-electron chi connectivity index (χ0n) is 10.9. The molecule has 1 aliphatic heterocycles. The van der Waals surface area contributed by atoms with E-state index in [2.05, 4.69) is 4.74 Å². The molecule has 2 N–H and O–H groups in total. The van der Waals surface area contributed by atoms with Crippen LogP contribution in [0.5, 0.6) is 0 Å². The SMILES string of the molecule is COC(=O)[C@@H](CN)N1CCN(S(C)(=O)=O)CC1.Cl.Cl. The minimum atomic E-state index is -3.15. The van der Waals surface area contributed by atoms with Crippen LogP contribution < -0.4 is 5.73 Å². The molecule has 1 atom stereocenters. The lowest BCUT2D eigenvalue weighted by molar-refractivity contribution is -0.147. The Kier molecular flexibility index (Phi) is 9.96. The van der Waals surface area contributed by atoms with Crippen LogP contribution in [0.3, 0.4) is 0 Å². The van der Waals surface area contributed by atoms with Crippen LogP contribution in [-0.2, 0) is 19.6 Å². The first-order chi connectivity index (χ1) is 7.90. The quantitative estimate of drug-likeness (QED) is 0.655. The maximum atomic E-state index is 11.4. The van der Waals surface area contributed by atoms with Crippen molar-refractivity contribution in [1.29, 1.82) is 0 Å². The van der Waals surface area contributed by atoms with Crippen molar-refractivity contribution in [3.8, 4) is 0 Å². The fourth-order valence-corrected chi connectivity index (χ4v) is 2.70. The van der Waals surface area contributed by atoms with Crippen LogP contribution in [0.25, 0.3) is 0 Å². The number of piperazine rings is 1. The summed E-state index contributed by atoms with van der Waals surface area (Å²) in [6.45, 7) is 1.91. The Balaban J connectivity index is 0. The van der Waals surface area contributed by atoms with Gasteiger partial charge in [-0.25, -0.2) is 8.42 Å². The first-order valence-electron chi connectivity index (χ1n) is 5.37. The standard InChI is InChI=1S/C9H19N3O4S.2ClH/c1-16-9(13)8(7-10)11-3-5-12(6-4-11)17(2,14)15;;/h8H,3-7,10H2,1-2H3;2*1H/t8-;;/m1../s1. The van der Waals surface area contributed by atoms with Gasteiger partial charge in [-0.05, 0) is 0 Å². The van der Waals surface area contributed by atoms with Gasteiger partial charge in [-0.2, -0.15) is 4.31 Å². The van der Waals surface area contributed by atoms with Gasteiger partial charge in [0.2, 0.25) is 10.0 Å². The first-order valence-corrected chi connectivity index (χ1v) is 7.22. The fourth-order valence-electron chi connectivity index (χ4n) is 1.88. The van der Waals surface area contributed by atoms with E-state index < -0.39 is 16.1 Å². The molecule has 1 fully saturated rings. The van der Waals surface area contributed by atoms with Crippen molar-refractivity contribution in [3.05, 3.63) is 0 Å². The van der Waals surface area contributed by atoms with E-state index in [1.807, 2.05) is 4.90 Å². The minimum Gasteiger partial charge on any atom is -0.468 e. The molecule has 0 saturated carbocycles. The van der Waals surface area contributed by atoms with Gasteiger partial charge in [-0.1, -0.05) is 0 Å². The first kappa shape index (κ1) is 21.2. The normalized spacial score (nSPS) is 18.9. The second kappa shape index (κ2) is 8.93. The predicted octanol–water partition coefficient (Wildman–Crippen LogP) is -1.09. The molecule has 0 aromatic carbocycles. The summed E-state index contributed by atoms with van der Waals surface area (Å²) in [6, 6.07) is -0.485. The van der Waals surface area contributed by atoms with Crippen molar-refractivity contribution in [2.24, 2.45) is 5.73 Å². The molecule has 1 aliphatic rings. The number of nitrogens with two attached hydrogens (primary N) is 1. The number of nitrogens with zero attached hydrogens (tertiary/aromatic N) is 2. The molecule has 0 aromatic heterocycles. The summed E-state index contributed by atoms with van der Waals surface area (Å²) in [7, 11) is -1.83. The number of rotatable bonds is 4. The third-order valence-electron chi connectivity index (χ3n) is 2.88. The summed E-state index contributed by atoms with van der Waals surface area (Å²) in [5.74, 6) is -0.375. The lowest BCUT2D eigenvalue weighted by Gasteiger charge is -2.36. The number of esters is 1. The summed E-state index contributed by atoms with van der Waals surface area (Å²) < 4.78 is 28.7. The van der Waals surface area contributed by atoms with Crippen LogP contribution in [0.4, 0.5) is 0 Å². The number of ether oxygens (including phenoxy) is 1. The Morgan fingerprint density at radius 1 is 1.26 bits per heavy atom. The van der Waals surface area contributed by atoms with Gasteiger partial charge in [-0.3, -0.25) is 9.69 Å². The van der Waals surface area contributed by atoms with E-state index in [4.69, 9.17) is 5.73 Å². The Hall–Kier alpha value is -0.120. The average molecular weight is 338 g/mol. The van der Waals surface area contributed by atoms with Crippen molar-refractivity contribution in [3.63, 3.8) is 0 Å². The largest absolute Gasteiger partial charge is 0.468 e. The van der Waals surface area contributed by atoms with Crippen LogP contribution in [0.15, 0.2) is 0 Å². The summed E-state index contributed by atoms with van der Waals surface area (Å²) in [5.41, 5.74) is 5.53. The highest BCUT2D eigenvalue weighted by molar-refractivity contribution is 7.88. The fraction of sp³-hybridized carbons (Fsp3) is 0.889. The van der Waals surface area contributed by atoms with E-state index in [1.54, 1.807) is 0 Å². The van der Waals surface area contributed by atoms with Crippen molar-refractivity contribution >= 4 is 40.8 Å². The molecule has 7 nitrogen and oxygen atoms in total. The molecule has 0 amide bonds. The molecular formula is C9H21Cl2N3O4S. The molecule has 0 bridgehead atoms. The van der Waals surface area contributed by atoms with Gasteiger partial charge in [0.15, 0.2) is 0 Å². The number of hydrogen-bond donors (Lipinski definition) is 1. The molecule has 0 unspecified atom stereocenters. The number of halogens is 2. The smallest absolute Gasteiger partial charge is 0.324 e. The lowest BCUT2D eigenvalue weighted by atomic mass is 10.2. The second-order valence-electron chi connectivity index (χ2n) is 3.97. The van der Waals surface area contributed by atoms with Crippen molar-refractivity contribution in [2.45, 2.75) is 6.04 Å². The van der Waals surface area contributed by atoms with E-state index >= 15 is 0 Å². The highest BCUT2D eigenvalue weighted by Crippen LogP contribution is 2.09. The summed E-state index contributed by atoms with van der Waals surface area (Å²) in [5, 5.41) is 0. The average Bonchev–Trinajstić information content (AvgIpc) is 2.29. The van der Waals surface area contributed by atoms with Gasteiger partial charge in [-0.15, -0.1) is 24.8 Å². The van der Waals surface area contributed by atoms with Crippen LogP contribution in [0.1, 0.15) is 0 Å². The van der Waals surface area contributed by atoms with Gasteiger partial charge < -0.3 is 10.5 Å². The monoisotopic (exact) mass is 337 g/mol. The molecular weight excluding hydrogens is 317 g/mol. The zero-order chi connectivity index (χ0) is 13.1. The topological polar surface area (TPSA) is 92.9 Å². The van der Waals surface area contributed by atoms with Crippen LogP contribution >= 0.6 is 24.8 Å². The zero-order valence-corrected chi connectivity index (χ0v) is 13.4. The number of carbonyl (C=O) groups is 1. The Morgan fingerprint density at radius 2 is 1.74 bits per heavy atom. The Bertz CT molecular complexity index is 372. The molecule has 1 rings (SSSR count). The minimum absolute atomic E-state index is 0. The molecule has 0 spiro atoms. The molecule has 0 aromatic rings. The highest BCUT2D eigenvalue weighted by Gasteiger charge is 2.30. The third-order valence-corrected chi connectivity index (χ3v) is 4.18. The van der Waals surface area contributed by atoms with Gasteiger partial charge in [0.25, 0.3) is 0 Å². The summed E-state index contributed by atoms with van der Waals surface area (Å²) in [4.78, 5) is 13.3. The predicted molar refractivity (Wildman–Crippen MR) is 77.3 cm³/mol. The number of methoxy groups -OCH3 is 1. The van der Waals surface area contributed by atoms with Crippen molar-refractivity contribution in [1.82, 2.24) is 9.21 Å². The second-order valence-corrected chi connectivity index (χ2v) is 5.96. The Labute approximate surface area is 126 Å². The highest BCUT2D eigenvalue weighted by atomic mass is 35.5. The van der Waals surface area contributed by atoms with Gasteiger partial charge >= 0.3 is 5.97 Å². The maximum Gasteiger partial charge on any atom is 0.324 e. The van der Waals surface area contributed by atoms with E-state index in [-0.39, 0.29) is 37.3 Å². The van der Waals surface area contributed by atoms with E-state index in [9.17, 15) is 13.2 Å². The van der Waals surface area contributed by atoms with E-state index in [0.717, 1.165) is 0 Å². The van der Waals surface area contributed by atoms with Gasteiger partial charge in [0, 0.05) is 32.7 Å². The molecule has 116 valence electrons. The molecule has 19 heavy (non-hydrogen) atoms. The summed E-state index contributed by atoms with van der Waals surface area (Å²) in [6.07, 6.45) is 1.18.